The average Bonchev–Trinajstić information content (AvgIpc) is 1.55. The molecule has 2 fully saturated rings. The number of nitrogens with two attached hydrogens (primary N) is 3. The number of phenols is 1. The first-order valence-corrected chi connectivity index (χ1v) is 33.4. The van der Waals surface area contributed by atoms with Gasteiger partial charge in [0.25, 0.3) is 0 Å². The first-order valence-electron chi connectivity index (χ1n) is 33.1. The van der Waals surface area contributed by atoms with E-state index in [0.29, 0.717) is 28.1 Å². The summed E-state index contributed by atoms with van der Waals surface area (Å²) in [7, 11) is 0. The van der Waals surface area contributed by atoms with E-state index < -0.39 is 150 Å². The van der Waals surface area contributed by atoms with E-state index in [2.05, 4.69) is 63.5 Å². The average molecular weight is 1410 g/mol. The number of carbonyl (C=O) groups is 13. The number of aliphatic imine (C=N–C) groups is 1. The van der Waals surface area contributed by atoms with Crippen molar-refractivity contribution in [2.24, 2.45) is 28.1 Å². The minimum Gasteiger partial charge on any atom is -0.508 e. The van der Waals surface area contributed by atoms with Crippen molar-refractivity contribution in [1.29, 1.82) is 0 Å². The fourth-order valence-corrected chi connectivity index (χ4v) is 11.4. The van der Waals surface area contributed by atoms with E-state index in [9.17, 15) is 63.0 Å². The highest BCUT2D eigenvalue weighted by atomic mass is 35.5. The maximum Gasteiger partial charge on any atom is 0.245 e. The maximum atomic E-state index is 15.1. The number of fused-ring (bicyclic) bond motifs is 1. The summed E-state index contributed by atoms with van der Waals surface area (Å²) >= 11 is 6.15. The number of likely N-dealkylation sites (tertiary alicyclic amines) is 1. The van der Waals surface area contributed by atoms with Crippen LogP contribution in [0.1, 0.15) is 102 Å². The largest absolute Gasteiger partial charge is 0.508 e. The molecule has 2 saturated heterocycles. The van der Waals surface area contributed by atoms with Gasteiger partial charge < -0.3 is 90.8 Å². The topological polar surface area (TPSA) is 488 Å². The van der Waals surface area contributed by atoms with Crippen LogP contribution in [0, 0.1) is 5.92 Å². The summed E-state index contributed by atoms with van der Waals surface area (Å²) in [6.45, 7) is 4.68. The predicted octanol–water partition coefficient (Wildman–Crippen LogP) is -2.00. The number of carbonyl (C=O) groups excluding carboxylic acids is 13. The Kier molecular flexibility index (Phi) is 30.4. The van der Waals surface area contributed by atoms with Crippen molar-refractivity contribution in [3.8, 4) is 5.75 Å². The molecule has 31 nitrogen and oxygen atoms in total. The van der Waals surface area contributed by atoms with Crippen molar-refractivity contribution in [1.82, 2.24) is 63.4 Å². The van der Waals surface area contributed by atoms with Crippen LogP contribution in [0.4, 0.5) is 0 Å². The highest BCUT2D eigenvalue weighted by Crippen LogP contribution is 2.22. The number of benzene rings is 4. The molecule has 4 aromatic rings. The third kappa shape index (κ3) is 25.1. The summed E-state index contributed by atoms with van der Waals surface area (Å²) in [4.78, 5) is 186. The number of primary amides is 1. The molecule has 0 spiro atoms. The highest BCUT2D eigenvalue weighted by molar-refractivity contribution is 6.30. The third-order valence-electron chi connectivity index (χ3n) is 16.6. The summed E-state index contributed by atoms with van der Waals surface area (Å²) in [6, 6.07) is 10.5. The van der Waals surface area contributed by atoms with Gasteiger partial charge in [0.1, 0.15) is 66.2 Å². The van der Waals surface area contributed by atoms with Gasteiger partial charge in [-0.1, -0.05) is 92.2 Å². The van der Waals surface area contributed by atoms with E-state index in [1.165, 1.54) is 36.1 Å². The second kappa shape index (κ2) is 38.6. The van der Waals surface area contributed by atoms with E-state index >= 15 is 9.59 Å². The van der Waals surface area contributed by atoms with Gasteiger partial charge in [0.05, 0.1) is 13.2 Å². The van der Waals surface area contributed by atoms with Gasteiger partial charge in [-0.2, -0.15) is 0 Å². The first-order chi connectivity index (χ1) is 47.6. The van der Waals surface area contributed by atoms with Crippen LogP contribution in [0.5, 0.6) is 5.75 Å². The second-order valence-electron chi connectivity index (χ2n) is 25.2. The number of nitrogens with one attached hydrogen (secondary N) is 11. The summed E-state index contributed by atoms with van der Waals surface area (Å²) in [5, 5.41) is 51.8. The Hall–Kier alpha value is -10.4. The second-order valence-corrected chi connectivity index (χ2v) is 25.6. The fourth-order valence-electron chi connectivity index (χ4n) is 11.3. The van der Waals surface area contributed by atoms with Crippen LogP contribution in [0.25, 0.3) is 10.8 Å². The molecule has 0 aromatic heterocycles. The Morgan fingerprint density at radius 1 is 0.650 bits per heavy atom. The monoisotopic (exact) mass is 1410 g/mol. The zero-order valence-electron chi connectivity index (χ0n) is 56.2. The van der Waals surface area contributed by atoms with Crippen molar-refractivity contribution in [3.63, 3.8) is 0 Å². The molecule has 2 aliphatic heterocycles. The Labute approximate surface area is 583 Å². The fraction of sp³-hybridized carbons (Fsp3) is 0.471. The van der Waals surface area contributed by atoms with Crippen molar-refractivity contribution in [3.05, 3.63) is 113 Å². The Morgan fingerprint density at radius 3 is 1.90 bits per heavy atom. The number of hydrogen-bond acceptors (Lipinski definition) is 16. The molecule has 0 saturated carbocycles. The molecule has 32 heteroatoms. The number of aromatic hydroxyl groups is 1. The van der Waals surface area contributed by atoms with E-state index in [1.807, 2.05) is 30.3 Å². The zero-order chi connectivity index (χ0) is 73.2. The lowest BCUT2D eigenvalue weighted by molar-refractivity contribution is -0.142. The molecule has 0 unspecified atom stereocenters. The Bertz CT molecular complexity index is 3610. The van der Waals surface area contributed by atoms with Gasteiger partial charge in [-0.25, -0.2) is 0 Å². The molecule has 6 rings (SSSR count). The van der Waals surface area contributed by atoms with Crippen LogP contribution in [0.2, 0.25) is 5.02 Å². The molecular formula is C68H91ClN16O15. The molecule has 13 amide bonds. The number of amides is 13. The van der Waals surface area contributed by atoms with Gasteiger partial charge in [-0.15, -0.1) is 0 Å². The molecule has 2 aliphatic rings. The van der Waals surface area contributed by atoms with E-state index in [1.54, 1.807) is 50.2 Å². The lowest BCUT2D eigenvalue weighted by Crippen LogP contribution is -2.61. The Morgan fingerprint density at radius 2 is 1.26 bits per heavy atom. The first kappa shape index (κ1) is 78.6. The standard InChI is InChI=1S/C68H91ClN16O15/c1-37(2)30-50(61(94)79-49(13-8-28-74-68(71)72)67(100)85-29-9-14-55(85)66(99)76-38(3)58(70)91)80-64(97)53(34-42-15-20-43-10-5-6-11-44(43)31-42)82-63(96)52(33-41-18-23-46(88)24-19-41)83-65(98)54(36-86)84-59(92)47-12-7-27-73-57(90)35-75-56(89)26-25-48(77-39(4)87)60(93)81-51(62(95)78-47)32-40-16-21-45(69)22-17-40/h5-6,10-11,15-24,31,37-38,47-55,86,88H,7-9,12-14,25-30,32-36H2,1-4H3,(H2,70,91)(H,73,90)(H,75,89)(H,76,99)(H,77,87)(H,78,95)(H,79,94)(H,80,97)(H,81,93)(H,82,96)(H,83,98)(H,84,92)(H4,71,72,74)/t38-,47-,48-,49+,50+,51-,52+,53-,54+,55+/m1/s1. The van der Waals surface area contributed by atoms with Crippen LogP contribution in [0.15, 0.2) is 96.0 Å². The normalized spacial score (nSPS) is 18.8. The van der Waals surface area contributed by atoms with Crippen molar-refractivity contribution in [2.75, 3.05) is 32.8 Å². The molecule has 10 atom stereocenters. The Balaban J connectivity index is 1.30. The van der Waals surface area contributed by atoms with Gasteiger partial charge in [0.15, 0.2) is 5.96 Å². The lowest BCUT2D eigenvalue weighted by atomic mass is 9.98. The van der Waals surface area contributed by atoms with Gasteiger partial charge >= 0.3 is 0 Å². The molecule has 0 radical (unpaired) electrons. The summed E-state index contributed by atoms with van der Waals surface area (Å²) in [5.74, 6) is -11.2. The van der Waals surface area contributed by atoms with E-state index in [-0.39, 0.29) is 108 Å². The van der Waals surface area contributed by atoms with Crippen molar-refractivity contribution in [2.45, 2.75) is 165 Å². The van der Waals surface area contributed by atoms with Gasteiger partial charge in [0, 0.05) is 57.3 Å². The molecule has 100 heavy (non-hydrogen) atoms. The maximum absolute atomic E-state index is 15.1. The third-order valence-corrected chi connectivity index (χ3v) is 16.9. The predicted molar refractivity (Wildman–Crippen MR) is 368 cm³/mol. The number of rotatable bonds is 28. The lowest BCUT2D eigenvalue weighted by Gasteiger charge is -2.31. The highest BCUT2D eigenvalue weighted by Gasteiger charge is 2.40. The van der Waals surface area contributed by atoms with Crippen LogP contribution in [0.3, 0.4) is 0 Å². The summed E-state index contributed by atoms with van der Waals surface area (Å²) in [6.07, 6.45) is -0.689. The number of guanidine groups is 1. The summed E-state index contributed by atoms with van der Waals surface area (Å²) < 4.78 is 0. The SMILES string of the molecule is CC(=O)N[C@@H]1CCC(=O)NCC(=O)NCCC[C@H](C(=O)N[C@@H](CO)C(=O)N[C@@H](Cc2ccc(O)cc2)C(=O)N[C@H](Cc2ccc3ccccc3c2)C(=O)N[C@@H](CC(C)C)C(=O)N[C@@H](CCCN=C(N)N)C(=O)N2CCC[C@H]2C(=O)N[C@H](C)C(N)=O)NC(=O)[C@@H](Cc2ccc(Cl)cc2)NC1=O. The quantitative estimate of drug-likeness (QED) is 0.0166. The molecular weight excluding hydrogens is 1320 g/mol. The van der Waals surface area contributed by atoms with E-state index in [0.717, 1.165) is 17.7 Å². The summed E-state index contributed by atoms with van der Waals surface area (Å²) in [5.41, 5.74) is 18.0. The van der Waals surface area contributed by atoms with Crippen LogP contribution in [-0.4, -0.2) is 191 Å². The van der Waals surface area contributed by atoms with Gasteiger partial charge in [-0.05, 0) is 116 Å². The van der Waals surface area contributed by atoms with Gasteiger partial charge in [0.2, 0.25) is 76.8 Å². The molecule has 19 N–H and O–H groups in total. The van der Waals surface area contributed by atoms with Crippen LogP contribution in [-0.2, 0) is 81.6 Å². The molecule has 540 valence electrons. The van der Waals surface area contributed by atoms with Gasteiger partial charge in [-0.3, -0.25) is 67.3 Å². The number of phenolic OH excluding ortho intramolecular Hbond substituents is 1. The number of aliphatic hydroxyl groups is 1. The van der Waals surface area contributed by atoms with Crippen LogP contribution < -0.4 is 75.7 Å². The molecule has 4 aromatic carbocycles. The number of nitrogens with zero attached hydrogens (tertiary/aromatic N) is 2. The molecule has 2 heterocycles. The number of aliphatic hydroxyl groups excluding tert-OH is 1. The minimum absolute atomic E-state index is 0.000424. The minimum atomic E-state index is -1.86. The zero-order valence-corrected chi connectivity index (χ0v) is 57.0. The number of hydrogen-bond donors (Lipinski definition) is 16. The van der Waals surface area contributed by atoms with Crippen molar-refractivity contribution < 1.29 is 72.5 Å². The van der Waals surface area contributed by atoms with Crippen molar-refractivity contribution >= 4 is 105 Å². The molecule has 0 bridgehead atoms. The smallest absolute Gasteiger partial charge is 0.245 e. The number of halogens is 1. The molecule has 0 aliphatic carbocycles. The van der Waals surface area contributed by atoms with Crippen LogP contribution >= 0.6 is 11.6 Å². The van der Waals surface area contributed by atoms with E-state index in [4.69, 9.17) is 28.8 Å².